The van der Waals surface area contributed by atoms with Crippen molar-refractivity contribution in [1.82, 2.24) is 5.32 Å². The van der Waals surface area contributed by atoms with Crippen LogP contribution in [0.25, 0.3) is 0 Å². The second-order valence-corrected chi connectivity index (χ2v) is 11.3. The molecule has 0 saturated carbocycles. The van der Waals surface area contributed by atoms with Crippen LogP contribution in [0.1, 0.15) is 68.1 Å². The van der Waals surface area contributed by atoms with Gasteiger partial charge in [0, 0.05) is 41.3 Å². The highest BCUT2D eigenvalue weighted by molar-refractivity contribution is 6.30. The number of hydrogen-bond acceptors (Lipinski definition) is 4. The molecule has 2 N–H and O–H groups in total. The van der Waals surface area contributed by atoms with Gasteiger partial charge in [0.25, 0.3) is 5.91 Å². The number of anilines is 2. The lowest BCUT2D eigenvalue weighted by molar-refractivity contribution is -0.146. The lowest BCUT2D eigenvalue weighted by atomic mass is 9.89. The minimum absolute atomic E-state index is 0.102. The minimum atomic E-state index is -1.34. The van der Waals surface area contributed by atoms with Crippen LogP contribution in [0.3, 0.4) is 0 Å². The fraction of sp³-hybridized carbons (Fsp3) is 0.312. The highest BCUT2D eigenvalue weighted by Crippen LogP contribution is 2.42. The van der Waals surface area contributed by atoms with Crippen molar-refractivity contribution in [3.8, 4) is 0 Å². The van der Waals surface area contributed by atoms with Crippen LogP contribution in [0.2, 0.25) is 5.02 Å². The van der Waals surface area contributed by atoms with E-state index in [0.29, 0.717) is 23.4 Å². The van der Waals surface area contributed by atoms with Gasteiger partial charge >= 0.3 is 5.97 Å². The number of aryl methyl sites for hydroxylation is 1. The van der Waals surface area contributed by atoms with E-state index >= 15 is 0 Å². The van der Waals surface area contributed by atoms with E-state index in [1.54, 1.807) is 34.1 Å². The summed E-state index contributed by atoms with van der Waals surface area (Å²) in [5.41, 5.74) is 2.40. The summed E-state index contributed by atoms with van der Waals surface area (Å²) in [4.78, 5) is 53.7. The van der Waals surface area contributed by atoms with Crippen molar-refractivity contribution in [1.29, 1.82) is 0 Å². The average Bonchev–Trinajstić information content (AvgIpc) is 2.92. The summed E-state index contributed by atoms with van der Waals surface area (Å²) in [5.74, 6) is -1.72. The van der Waals surface area contributed by atoms with Gasteiger partial charge in [-0.1, -0.05) is 41.9 Å². The van der Waals surface area contributed by atoms with Gasteiger partial charge in [-0.25, -0.2) is 4.79 Å². The second-order valence-electron chi connectivity index (χ2n) is 10.9. The van der Waals surface area contributed by atoms with Crippen LogP contribution in [0.15, 0.2) is 72.8 Å². The van der Waals surface area contributed by atoms with Gasteiger partial charge in [-0.3, -0.25) is 14.4 Å². The van der Waals surface area contributed by atoms with E-state index in [4.69, 9.17) is 11.6 Å². The highest BCUT2D eigenvalue weighted by atomic mass is 35.5. The summed E-state index contributed by atoms with van der Waals surface area (Å²) in [6.07, 6.45) is 1.08. The molecule has 0 bridgehead atoms. The number of hydrogen-bond donors (Lipinski definition) is 2. The summed E-state index contributed by atoms with van der Waals surface area (Å²) in [7, 11) is 0. The van der Waals surface area contributed by atoms with Crippen LogP contribution in [-0.2, 0) is 20.8 Å². The van der Waals surface area contributed by atoms with Gasteiger partial charge in [0.05, 0.1) is 6.04 Å². The third kappa shape index (κ3) is 6.60. The van der Waals surface area contributed by atoms with Crippen LogP contribution in [0, 0.1) is 0 Å². The highest BCUT2D eigenvalue weighted by Gasteiger charge is 2.38. The molecule has 1 heterocycles. The average molecular weight is 576 g/mol. The maximum absolute atomic E-state index is 13.8. The van der Waals surface area contributed by atoms with Crippen molar-refractivity contribution < 1.29 is 24.3 Å². The summed E-state index contributed by atoms with van der Waals surface area (Å²) >= 11 is 6.09. The molecular formula is C32H34ClN3O5. The van der Waals surface area contributed by atoms with Gasteiger partial charge in [-0.05, 0) is 87.2 Å². The summed E-state index contributed by atoms with van der Waals surface area (Å²) in [6, 6.07) is 21.5. The maximum atomic E-state index is 13.8. The number of halogens is 1. The number of nitrogens with one attached hydrogen (secondary N) is 1. The first-order valence-electron chi connectivity index (χ1n) is 13.5. The number of aliphatic carboxylic acids is 1. The molecule has 3 amide bonds. The first-order valence-corrected chi connectivity index (χ1v) is 13.9. The zero-order chi connectivity index (χ0) is 29.9. The molecular weight excluding hydrogens is 542 g/mol. The SMILES string of the molecule is CC(=O)N(c1ccc(Cl)cc1)[C@@H]1C[C@H](C)N(C(=O)c2ccc(CCC(=O)NC(C)(C)C(=O)O)cc2)c2ccccc21. The second kappa shape index (κ2) is 12.1. The first-order chi connectivity index (χ1) is 19.4. The van der Waals surface area contributed by atoms with Crippen molar-refractivity contribution in [3.63, 3.8) is 0 Å². The number of carboxylic acid groups (broad SMARTS) is 1. The van der Waals surface area contributed by atoms with Crippen LogP contribution in [0.5, 0.6) is 0 Å². The fourth-order valence-electron chi connectivity index (χ4n) is 5.19. The van der Waals surface area contributed by atoms with Crippen molar-refractivity contribution >= 4 is 46.7 Å². The van der Waals surface area contributed by atoms with Gasteiger partial charge in [0.15, 0.2) is 0 Å². The number of nitrogens with zero attached hydrogens (tertiary/aromatic N) is 2. The van der Waals surface area contributed by atoms with Gasteiger partial charge in [0.2, 0.25) is 11.8 Å². The third-order valence-corrected chi connectivity index (χ3v) is 7.62. The molecule has 41 heavy (non-hydrogen) atoms. The monoisotopic (exact) mass is 575 g/mol. The van der Waals surface area contributed by atoms with Crippen LogP contribution >= 0.6 is 11.6 Å². The zero-order valence-corrected chi connectivity index (χ0v) is 24.3. The fourth-order valence-corrected chi connectivity index (χ4v) is 5.32. The molecule has 2 atom stereocenters. The molecule has 0 aromatic heterocycles. The summed E-state index contributed by atoms with van der Waals surface area (Å²) in [5, 5.41) is 12.3. The molecule has 4 rings (SSSR count). The number of carboxylic acids is 1. The molecule has 0 radical (unpaired) electrons. The van der Waals surface area contributed by atoms with Crippen molar-refractivity contribution in [2.24, 2.45) is 0 Å². The Bertz CT molecular complexity index is 1450. The molecule has 3 aromatic rings. The molecule has 0 fully saturated rings. The van der Waals surface area contributed by atoms with Crippen molar-refractivity contribution in [2.45, 2.75) is 64.6 Å². The Morgan fingerprint density at radius 3 is 2.24 bits per heavy atom. The maximum Gasteiger partial charge on any atom is 0.328 e. The lowest BCUT2D eigenvalue weighted by Crippen LogP contribution is -2.49. The zero-order valence-electron chi connectivity index (χ0n) is 23.6. The Balaban J connectivity index is 1.53. The molecule has 1 aliphatic heterocycles. The quantitative estimate of drug-likeness (QED) is 0.354. The van der Waals surface area contributed by atoms with E-state index < -0.39 is 11.5 Å². The van der Waals surface area contributed by atoms with Crippen LogP contribution < -0.4 is 15.1 Å². The van der Waals surface area contributed by atoms with Gasteiger partial charge < -0.3 is 20.2 Å². The number of para-hydroxylation sites is 1. The predicted octanol–water partition coefficient (Wildman–Crippen LogP) is 5.79. The number of rotatable bonds is 8. The topological polar surface area (TPSA) is 107 Å². The standard InChI is InChI=1S/C32H34ClN3O5/c1-20-19-28(36(21(2)37)25-16-14-24(33)15-17-25)26-7-5-6-8-27(26)35(20)30(39)23-12-9-22(10-13-23)11-18-29(38)34-32(3,4)31(40)41/h5-10,12-17,20,28H,11,18-19H2,1-4H3,(H,34,38)(H,40,41)/t20-,28+/m0/s1. The number of carbonyl (C=O) groups excluding carboxylic acids is 3. The number of amides is 3. The molecule has 0 aliphatic carbocycles. The Morgan fingerprint density at radius 2 is 1.63 bits per heavy atom. The van der Waals surface area contributed by atoms with Gasteiger partial charge in [0.1, 0.15) is 5.54 Å². The first kappa shape index (κ1) is 29.8. The summed E-state index contributed by atoms with van der Waals surface area (Å²) < 4.78 is 0. The Morgan fingerprint density at radius 1 is 1.00 bits per heavy atom. The summed E-state index contributed by atoms with van der Waals surface area (Å²) in [6.45, 7) is 6.39. The molecule has 9 heteroatoms. The lowest BCUT2D eigenvalue weighted by Gasteiger charge is -2.43. The van der Waals surface area contributed by atoms with E-state index in [0.717, 1.165) is 22.5 Å². The Kier molecular flexibility index (Phi) is 8.83. The molecule has 214 valence electrons. The van der Waals surface area contributed by atoms with E-state index in [1.165, 1.54) is 20.8 Å². The molecule has 0 unspecified atom stereocenters. The normalized spacial score (nSPS) is 16.5. The van der Waals surface area contributed by atoms with Crippen LogP contribution in [0.4, 0.5) is 11.4 Å². The third-order valence-electron chi connectivity index (χ3n) is 7.36. The van der Waals surface area contributed by atoms with Crippen molar-refractivity contribution in [2.75, 3.05) is 9.80 Å². The largest absolute Gasteiger partial charge is 0.480 e. The van der Waals surface area contributed by atoms with E-state index in [1.807, 2.05) is 55.5 Å². The van der Waals surface area contributed by atoms with E-state index in [-0.39, 0.29) is 36.2 Å². The van der Waals surface area contributed by atoms with Crippen LogP contribution in [-0.4, -0.2) is 40.4 Å². The molecule has 0 spiro atoms. The Hall–Kier alpha value is -4.17. The number of fused-ring (bicyclic) bond motifs is 1. The Labute approximate surface area is 244 Å². The number of carbonyl (C=O) groups is 4. The van der Waals surface area contributed by atoms with E-state index in [9.17, 15) is 24.3 Å². The minimum Gasteiger partial charge on any atom is -0.480 e. The molecule has 8 nitrogen and oxygen atoms in total. The smallest absolute Gasteiger partial charge is 0.328 e. The van der Waals surface area contributed by atoms with Crippen molar-refractivity contribution in [3.05, 3.63) is 94.5 Å². The van der Waals surface area contributed by atoms with Gasteiger partial charge in [-0.15, -0.1) is 0 Å². The molecule has 3 aromatic carbocycles. The molecule has 0 saturated heterocycles. The predicted molar refractivity (Wildman–Crippen MR) is 159 cm³/mol. The van der Waals surface area contributed by atoms with E-state index in [2.05, 4.69) is 5.32 Å². The molecule has 1 aliphatic rings. The van der Waals surface area contributed by atoms with Gasteiger partial charge in [-0.2, -0.15) is 0 Å². The number of benzene rings is 3.